The second kappa shape index (κ2) is 4.99. The molecule has 0 aliphatic heterocycles. The summed E-state index contributed by atoms with van der Waals surface area (Å²) < 4.78 is 5.67. The van der Waals surface area contributed by atoms with Crippen LogP contribution in [0.4, 0.5) is 0 Å². The predicted octanol–water partition coefficient (Wildman–Crippen LogP) is 3.48. The minimum Gasteiger partial charge on any atom is -0.381 e. The number of rotatable bonds is 3. The average molecular weight is 184 g/mol. The Morgan fingerprint density at radius 2 is 2.00 bits per heavy atom. The van der Waals surface area contributed by atoms with E-state index in [4.69, 9.17) is 4.74 Å². The van der Waals surface area contributed by atoms with Gasteiger partial charge in [0.25, 0.3) is 0 Å². The molecule has 0 heterocycles. The van der Waals surface area contributed by atoms with Gasteiger partial charge < -0.3 is 4.74 Å². The fourth-order valence-corrected chi connectivity index (χ4v) is 2.81. The predicted molar refractivity (Wildman–Crippen MR) is 56.8 cm³/mol. The molecule has 1 fully saturated rings. The van der Waals surface area contributed by atoms with Crippen LogP contribution in [0.15, 0.2) is 0 Å². The van der Waals surface area contributed by atoms with Crippen LogP contribution in [0.5, 0.6) is 0 Å². The van der Waals surface area contributed by atoms with E-state index in [-0.39, 0.29) is 0 Å². The van der Waals surface area contributed by atoms with E-state index in [0.29, 0.717) is 6.10 Å². The Kier molecular flexibility index (Phi) is 4.24. The summed E-state index contributed by atoms with van der Waals surface area (Å²) in [7, 11) is 1.88. The van der Waals surface area contributed by atoms with Crippen molar-refractivity contribution in [2.45, 2.75) is 52.6 Å². The minimum atomic E-state index is 0.527. The maximum atomic E-state index is 5.67. The van der Waals surface area contributed by atoms with Gasteiger partial charge in [-0.25, -0.2) is 0 Å². The lowest BCUT2D eigenvalue weighted by Crippen LogP contribution is -2.37. The van der Waals surface area contributed by atoms with E-state index in [2.05, 4.69) is 20.8 Å². The lowest BCUT2D eigenvalue weighted by atomic mass is 9.73. The van der Waals surface area contributed by atoms with Crippen molar-refractivity contribution in [3.8, 4) is 0 Å². The van der Waals surface area contributed by atoms with Crippen LogP contribution in [0.1, 0.15) is 46.5 Å². The summed E-state index contributed by atoms with van der Waals surface area (Å²) in [6.07, 6.45) is 5.95. The van der Waals surface area contributed by atoms with Crippen LogP contribution in [-0.2, 0) is 4.74 Å². The van der Waals surface area contributed by atoms with E-state index in [1.165, 1.54) is 25.7 Å². The molecule has 3 unspecified atom stereocenters. The molecule has 1 saturated carbocycles. The zero-order valence-corrected chi connectivity index (χ0v) is 9.55. The van der Waals surface area contributed by atoms with Crippen LogP contribution in [0, 0.1) is 17.8 Å². The second-order valence-electron chi connectivity index (χ2n) is 4.71. The lowest BCUT2D eigenvalue weighted by Gasteiger charge is -2.39. The molecule has 0 amide bonds. The van der Waals surface area contributed by atoms with Gasteiger partial charge >= 0.3 is 0 Å². The Labute approximate surface area is 82.9 Å². The standard InChI is InChI=1S/C12H24O/c1-5-10-7-6-8-11(9(2)3)12(10)13-4/h9-12H,5-8H2,1-4H3. The molecule has 0 aromatic carbocycles. The molecule has 1 nitrogen and oxygen atoms in total. The summed E-state index contributed by atoms with van der Waals surface area (Å²) in [5, 5.41) is 0. The van der Waals surface area contributed by atoms with Gasteiger partial charge in [-0.2, -0.15) is 0 Å². The first kappa shape index (κ1) is 11.0. The molecule has 1 aliphatic rings. The third-order valence-electron chi connectivity index (χ3n) is 3.65. The van der Waals surface area contributed by atoms with Crippen LogP contribution in [0.2, 0.25) is 0 Å². The molecule has 1 aliphatic carbocycles. The molecule has 0 saturated heterocycles. The molecule has 1 heteroatoms. The van der Waals surface area contributed by atoms with Crippen molar-refractivity contribution in [2.75, 3.05) is 7.11 Å². The molecule has 3 atom stereocenters. The van der Waals surface area contributed by atoms with Crippen LogP contribution in [0.3, 0.4) is 0 Å². The number of methoxy groups -OCH3 is 1. The number of hydrogen-bond donors (Lipinski definition) is 0. The molecular formula is C12H24O. The van der Waals surface area contributed by atoms with Crippen molar-refractivity contribution in [3.63, 3.8) is 0 Å². The highest BCUT2D eigenvalue weighted by atomic mass is 16.5. The van der Waals surface area contributed by atoms with Crippen LogP contribution >= 0.6 is 0 Å². The van der Waals surface area contributed by atoms with Gasteiger partial charge in [-0.1, -0.05) is 33.6 Å². The maximum absolute atomic E-state index is 5.67. The molecule has 1 rings (SSSR count). The van der Waals surface area contributed by atoms with Crippen LogP contribution < -0.4 is 0 Å². The highest BCUT2D eigenvalue weighted by Gasteiger charge is 2.33. The SMILES string of the molecule is CCC1CCCC(C(C)C)C1OC. The fourth-order valence-electron chi connectivity index (χ4n) is 2.81. The summed E-state index contributed by atoms with van der Waals surface area (Å²) >= 11 is 0. The first-order valence-electron chi connectivity index (χ1n) is 5.73. The lowest BCUT2D eigenvalue weighted by molar-refractivity contribution is -0.0369. The number of hydrogen-bond acceptors (Lipinski definition) is 1. The zero-order valence-electron chi connectivity index (χ0n) is 9.55. The summed E-state index contributed by atoms with van der Waals surface area (Å²) in [6.45, 7) is 6.95. The van der Waals surface area contributed by atoms with Gasteiger partial charge in [0.2, 0.25) is 0 Å². The third kappa shape index (κ3) is 2.46. The quantitative estimate of drug-likeness (QED) is 0.652. The van der Waals surface area contributed by atoms with Crippen molar-refractivity contribution in [1.82, 2.24) is 0 Å². The van der Waals surface area contributed by atoms with Gasteiger partial charge in [-0.15, -0.1) is 0 Å². The largest absolute Gasteiger partial charge is 0.381 e. The topological polar surface area (TPSA) is 9.23 Å². The molecule has 0 spiro atoms. The minimum absolute atomic E-state index is 0.527. The molecule has 0 aromatic heterocycles. The average Bonchev–Trinajstić information content (AvgIpc) is 2.16. The smallest absolute Gasteiger partial charge is 0.0629 e. The summed E-state index contributed by atoms with van der Waals surface area (Å²) in [4.78, 5) is 0. The van der Waals surface area contributed by atoms with Crippen molar-refractivity contribution in [2.24, 2.45) is 17.8 Å². The molecule has 0 N–H and O–H groups in total. The summed E-state index contributed by atoms with van der Waals surface area (Å²) in [5.41, 5.74) is 0. The van der Waals surface area contributed by atoms with Gasteiger partial charge in [-0.05, 0) is 30.6 Å². The molecular weight excluding hydrogens is 160 g/mol. The van der Waals surface area contributed by atoms with E-state index >= 15 is 0 Å². The van der Waals surface area contributed by atoms with Crippen molar-refractivity contribution in [3.05, 3.63) is 0 Å². The van der Waals surface area contributed by atoms with Gasteiger partial charge in [-0.3, -0.25) is 0 Å². The molecule has 13 heavy (non-hydrogen) atoms. The summed E-state index contributed by atoms with van der Waals surface area (Å²) in [5.74, 6) is 2.38. The first-order valence-corrected chi connectivity index (χ1v) is 5.73. The van der Waals surface area contributed by atoms with Crippen LogP contribution in [-0.4, -0.2) is 13.2 Å². The Balaban J connectivity index is 2.61. The zero-order chi connectivity index (χ0) is 9.84. The Bertz CT molecular complexity index is 142. The highest BCUT2D eigenvalue weighted by molar-refractivity contribution is 4.83. The normalized spacial score (nSPS) is 35.3. The fraction of sp³-hybridized carbons (Fsp3) is 1.00. The highest BCUT2D eigenvalue weighted by Crippen LogP contribution is 2.37. The van der Waals surface area contributed by atoms with Gasteiger partial charge in [0.15, 0.2) is 0 Å². The van der Waals surface area contributed by atoms with E-state index in [1.807, 2.05) is 7.11 Å². The molecule has 78 valence electrons. The summed E-state index contributed by atoms with van der Waals surface area (Å²) in [6, 6.07) is 0. The van der Waals surface area contributed by atoms with Gasteiger partial charge in [0, 0.05) is 7.11 Å². The van der Waals surface area contributed by atoms with Gasteiger partial charge in [0.05, 0.1) is 6.10 Å². The Hall–Kier alpha value is -0.0400. The van der Waals surface area contributed by atoms with Gasteiger partial charge in [0.1, 0.15) is 0 Å². The van der Waals surface area contributed by atoms with E-state index in [0.717, 1.165) is 17.8 Å². The van der Waals surface area contributed by atoms with E-state index < -0.39 is 0 Å². The van der Waals surface area contributed by atoms with Crippen molar-refractivity contribution < 1.29 is 4.74 Å². The van der Waals surface area contributed by atoms with Crippen molar-refractivity contribution in [1.29, 1.82) is 0 Å². The Morgan fingerprint density at radius 3 is 2.46 bits per heavy atom. The maximum Gasteiger partial charge on any atom is 0.0629 e. The Morgan fingerprint density at radius 1 is 1.31 bits per heavy atom. The van der Waals surface area contributed by atoms with E-state index in [9.17, 15) is 0 Å². The van der Waals surface area contributed by atoms with E-state index in [1.54, 1.807) is 0 Å². The number of ether oxygens (including phenoxy) is 1. The monoisotopic (exact) mass is 184 g/mol. The first-order chi connectivity index (χ1) is 6.20. The molecule has 0 radical (unpaired) electrons. The van der Waals surface area contributed by atoms with Crippen LogP contribution in [0.25, 0.3) is 0 Å². The second-order valence-corrected chi connectivity index (χ2v) is 4.71. The van der Waals surface area contributed by atoms with Crippen molar-refractivity contribution >= 4 is 0 Å². The third-order valence-corrected chi connectivity index (χ3v) is 3.65. The molecule has 0 aromatic rings. The molecule has 0 bridgehead atoms.